The number of hydrogen-bond acceptors (Lipinski definition) is 5. The van der Waals surface area contributed by atoms with Crippen molar-refractivity contribution in [2.75, 3.05) is 14.2 Å². The number of methoxy groups -OCH3 is 2. The van der Waals surface area contributed by atoms with Gasteiger partial charge in [0.25, 0.3) is 5.91 Å². The summed E-state index contributed by atoms with van der Waals surface area (Å²) in [6, 6.07) is 14.3. The number of carbonyl (C=O) groups is 1. The van der Waals surface area contributed by atoms with Crippen molar-refractivity contribution < 1.29 is 18.7 Å². The van der Waals surface area contributed by atoms with E-state index in [4.69, 9.17) is 19.6 Å². The molecular formula is C18H16N2O4. The summed E-state index contributed by atoms with van der Waals surface area (Å²) in [5.74, 6) is 1.21. The molecule has 0 unspecified atom stereocenters. The number of nitrogens with two attached hydrogens (primary N) is 1. The summed E-state index contributed by atoms with van der Waals surface area (Å²) in [6.45, 7) is 0. The second-order valence-electron chi connectivity index (χ2n) is 4.99. The zero-order chi connectivity index (χ0) is 17.1. The number of hydrogen-bond donors (Lipinski definition) is 1. The minimum absolute atomic E-state index is 0.0704. The summed E-state index contributed by atoms with van der Waals surface area (Å²) >= 11 is 0. The van der Waals surface area contributed by atoms with Crippen LogP contribution in [0.2, 0.25) is 0 Å². The Balaban J connectivity index is 2.13. The van der Waals surface area contributed by atoms with E-state index in [2.05, 4.69) is 4.98 Å². The molecule has 6 nitrogen and oxygen atoms in total. The van der Waals surface area contributed by atoms with E-state index < -0.39 is 5.91 Å². The quantitative estimate of drug-likeness (QED) is 0.779. The van der Waals surface area contributed by atoms with Crippen LogP contribution in [0.4, 0.5) is 0 Å². The van der Waals surface area contributed by atoms with Crippen LogP contribution in [-0.2, 0) is 0 Å². The van der Waals surface area contributed by atoms with Gasteiger partial charge in [-0.15, -0.1) is 0 Å². The number of oxazole rings is 1. The second kappa shape index (κ2) is 6.45. The number of carbonyl (C=O) groups excluding carboxylic acids is 1. The molecule has 1 heterocycles. The number of primary amides is 1. The maximum atomic E-state index is 11.8. The number of benzene rings is 2. The summed E-state index contributed by atoms with van der Waals surface area (Å²) in [5, 5.41) is 0. The van der Waals surface area contributed by atoms with Crippen LogP contribution >= 0.6 is 0 Å². The van der Waals surface area contributed by atoms with Crippen molar-refractivity contribution >= 4 is 5.91 Å². The number of para-hydroxylation sites is 1. The van der Waals surface area contributed by atoms with Gasteiger partial charge in [0.05, 0.1) is 19.8 Å². The predicted octanol–water partition coefficient (Wildman–Crippen LogP) is 3.12. The van der Waals surface area contributed by atoms with E-state index in [0.717, 1.165) is 0 Å². The molecule has 122 valence electrons. The average molecular weight is 324 g/mol. The summed E-state index contributed by atoms with van der Waals surface area (Å²) in [5.41, 5.74) is 6.84. The van der Waals surface area contributed by atoms with Crippen molar-refractivity contribution in [1.82, 2.24) is 4.98 Å². The molecule has 0 aliphatic carbocycles. The Bertz CT molecular complexity index is 869. The normalized spacial score (nSPS) is 10.4. The van der Waals surface area contributed by atoms with Gasteiger partial charge in [0.15, 0.2) is 11.5 Å². The third kappa shape index (κ3) is 2.81. The molecule has 0 atom stereocenters. The highest BCUT2D eigenvalue weighted by atomic mass is 16.5. The van der Waals surface area contributed by atoms with Gasteiger partial charge < -0.3 is 19.6 Å². The Morgan fingerprint density at radius 3 is 2.38 bits per heavy atom. The highest BCUT2D eigenvalue weighted by molar-refractivity contribution is 5.97. The second-order valence-corrected chi connectivity index (χ2v) is 4.99. The van der Waals surface area contributed by atoms with Crippen molar-refractivity contribution in [3.8, 4) is 34.3 Å². The van der Waals surface area contributed by atoms with Crippen LogP contribution in [0.5, 0.6) is 11.5 Å². The van der Waals surface area contributed by atoms with Crippen molar-refractivity contribution in [2.24, 2.45) is 5.73 Å². The van der Waals surface area contributed by atoms with Gasteiger partial charge in [0.2, 0.25) is 5.89 Å². The summed E-state index contributed by atoms with van der Waals surface area (Å²) in [6.07, 6.45) is 0. The Morgan fingerprint density at radius 1 is 1.04 bits per heavy atom. The van der Waals surface area contributed by atoms with Crippen LogP contribution in [0.25, 0.3) is 22.8 Å². The number of ether oxygens (including phenoxy) is 2. The van der Waals surface area contributed by atoms with Gasteiger partial charge >= 0.3 is 0 Å². The minimum atomic E-state index is -0.661. The molecule has 0 aliphatic rings. The number of aromatic nitrogens is 1. The van der Waals surface area contributed by atoms with E-state index in [1.54, 1.807) is 50.6 Å². The van der Waals surface area contributed by atoms with E-state index in [0.29, 0.717) is 28.4 Å². The fraction of sp³-hybridized carbons (Fsp3) is 0.111. The first-order valence-corrected chi connectivity index (χ1v) is 7.22. The van der Waals surface area contributed by atoms with Gasteiger partial charge in [-0.3, -0.25) is 4.79 Å². The van der Waals surface area contributed by atoms with Gasteiger partial charge in [0, 0.05) is 5.56 Å². The van der Waals surface area contributed by atoms with Gasteiger partial charge in [-0.05, 0) is 36.4 Å². The Morgan fingerprint density at radius 2 is 1.75 bits per heavy atom. The molecule has 3 rings (SSSR count). The molecule has 2 N–H and O–H groups in total. The Hall–Kier alpha value is -3.28. The molecule has 24 heavy (non-hydrogen) atoms. The van der Waals surface area contributed by atoms with Crippen LogP contribution < -0.4 is 15.2 Å². The lowest BCUT2D eigenvalue weighted by Gasteiger charge is -2.04. The predicted molar refractivity (Wildman–Crippen MR) is 89.0 cm³/mol. The first-order chi connectivity index (χ1) is 11.6. The largest absolute Gasteiger partial charge is 0.497 e. The van der Waals surface area contributed by atoms with E-state index in [9.17, 15) is 4.79 Å². The molecule has 1 aromatic heterocycles. The molecule has 0 radical (unpaired) electrons. The minimum Gasteiger partial charge on any atom is -0.497 e. The number of rotatable bonds is 5. The van der Waals surface area contributed by atoms with Crippen LogP contribution in [-0.4, -0.2) is 25.1 Å². The zero-order valence-electron chi connectivity index (χ0n) is 13.3. The number of amides is 1. The van der Waals surface area contributed by atoms with Crippen LogP contribution in [0, 0.1) is 0 Å². The van der Waals surface area contributed by atoms with Crippen molar-refractivity contribution in [3.05, 3.63) is 54.2 Å². The molecular weight excluding hydrogens is 308 g/mol. The van der Waals surface area contributed by atoms with Crippen molar-refractivity contribution in [3.63, 3.8) is 0 Å². The first-order valence-electron chi connectivity index (χ1n) is 7.22. The van der Waals surface area contributed by atoms with E-state index in [1.165, 1.54) is 0 Å². The fourth-order valence-electron chi connectivity index (χ4n) is 2.36. The third-order valence-corrected chi connectivity index (χ3v) is 3.55. The highest BCUT2D eigenvalue weighted by Crippen LogP contribution is 2.34. The molecule has 0 spiro atoms. The number of nitrogens with zero attached hydrogens (tertiary/aromatic N) is 1. The third-order valence-electron chi connectivity index (χ3n) is 3.55. The maximum absolute atomic E-state index is 11.8. The highest BCUT2D eigenvalue weighted by Gasteiger charge is 2.22. The summed E-state index contributed by atoms with van der Waals surface area (Å²) in [7, 11) is 3.14. The van der Waals surface area contributed by atoms with Gasteiger partial charge in [0.1, 0.15) is 11.5 Å². The lowest BCUT2D eigenvalue weighted by molar-refractivity contribution is 0.0996. The molecule has 1 amide bonds. The molecule has 0 saturated heterocycles. The smallest absolute Gasteiger partial charge is 0.271 e. The SMILES string of the molecule is COc1ccc(-c2oc(-c3ccccc3OC)nc2C(N)=O)cc1. The summed E-state index contributed by atoms with van der Waals surface area (Å²) in [4.78, 5) is 16.0. The Labute approximate surface area is 138 Å². The van der Waals surface area contributed by atoms with Crippen LogP contribution in [0.3, 0.4) is 0 Å². The van der Waals surface area contributed by atoms with Crippen molar-refractivity contribution in [1.29, 1.82) is 0 Å². The Kier molecular flexibility index (Phi) is 4.20. The molecule has 0 bridgehead atoms. The summed E-state index contributed by atoms with van der Waals surface area (Å²) < 4.78 is 16.3. The monoisotopic (exact) mass is 324 g/mol. The van der Waals surface area contributed by atoms with Crippen LogP contribution in [0.1, 0.15) is 10.5 Å². The van der Waals surface area contributed by atoms with E-state index in [1.807, 2.05) is 12.1 Å². The van der Waals surface area contributed by atoms with Crippen LogP contribution in [0.15, 0.2) is 52.9 Å². The van der Waals surface area contributed by atoms with E-state index >= 15 is 0 Å². The molecule has 6 heteroatoms. The lowest BCUT2D eigenvalue weighted by Crippen LogP contribution is -2.12. The molecule has 0 saturated carbocycles. The average Bonchev–Trinajstić information content (AvgIpc) is 3.07. The molecule has 3 aromatic rings. The fourth-order valence-corrected chi connectivity index (χ4v) is 2.36. The van der Waals surface area contributed by atoms with Crippen molar-refractivity contribution in [2.45, 2.75) is 0 Å². The first kappa shape index (κ1) is 15.6. The molecule has 0 fully saturated rings. The topological polar surface area (TPSA) is 87.6 Å². The molecule has 2 aromatic carbocycles. The lowest BCUT2D eigenvalue weighted by atomic mass is 10.1. The molecule has 0 aliphatic heterocycles. The van der Waals surface area contributed by atoms with E-state index in [-0.39, 0.29) is 11.6 Å². The standard InChI is InChI=1S/C18H16N2O4/c1-22-12-9-7-11(8-10-12)16-15(17(19)21)20-18(24-16)13-5-3-4-6-14(13)23-2/h3-10H,1-2H3,(H2,19,21). The zero-order valence-corrected chi connectivity index (χ0v) is 13.3. The van der Waals surface area contributed by atoms with Gasteiger partial charge in [-0.1, -0.05) is 12.1 Å². The van der Waals surface area contributed by atoms with Gasteiger partial charge in [-0.2, -0.15) is 0 Å². The maximum Gasteiger partial charge on any atom is 0.271 e. The van der Waals surface area contributed by atoms with Gasteiger partial charge in [-0.25, -0.2) is 4.98 Å².